The zero-order valence-electron chi connectivity index (χ0n) is 19.9. The van der Waals surface area contributed by atoms with Crippen molar-refractivity contribution < 1.29 is 9.90 Å². The van der Waals surface area contributed by atoms with Gasteiger partial charge in [-0.1, -0.05) is 43.0 Å². The molecule has 0 fully saturated rings. The van der Waals surface area contributed by atoms with Crippen molar-refractivity contribution in [3.8, 4) is 5.88 Å². The van der Waals surface area contributed by atoms with Gasteiger partial charge >= 0.3 is 5.69 Å². The number of para-hydroxylation sites is 1. The average molecular weight is 481 g/mol. The van der Waals surface area contributed by atoms with Crippen LogP contribution in [-0.2, 0) is 25.3 Å². The van der Waals surface area contributed by atoms with Gasteiger partial charge in [-0.15, -0.1) is 0 Å². The fraction of sp³-hybridized carbons (Fsp3) is 0.280. The predicted octanol–water partition coefficient (Wildman–Crippen LogP) is 3.42. The van der Waals surface area contributed by atoms with Crippen molar-refractivity contribution in [3.05, 3.63) is 85.6 Å². The third-order valence-corrected chi connectivity index (χ3v) is 6.56. The number of amides is 1. The minimum Gasteiger partial charge on any atom is -0.494 e. The molecule has 0 bridgehead atoms. The first-order chi connectivity index (χ1) is 16.1. The molecular weight excluding hydrogens is 452 g/mol. The van der Waals surface area contributed by atoms with Crippen molar-refractivity contribution in [2.75, 3.05) is 11.1 Å². The van der Waals surface area contributed by atoms with Crippen LogP contribution in [0.1, 0.15) is 29.2 Å². The number of nitrogens with one attached hydrogen (secondary N) is 1. The maximum atomic E-state index is 12.9. The van der Waals surface area contributed by atoms with Gasteiger partial charge in [-0.3, -0.25) is 18.7 Å². The van der Waals surface area contributed by atoms with Crippen molar-refractivity contribution in [2.24, 2.45) is 19.1 Å². The Morgan fingerprint density at radius 3 is 2.44 bits per heavy atom. The van der Waals surface area contributed by atoms with Crippen LogP contribution in [0.15, 0.2) is 57.0 Å². The maximum absolute atomic E-state index is 12.9. The quantitative estimate of drug-likeness (QED) is 0.415. The van der Waals surface area contributed by atoms with E-state index in [-0.39, 0.29) is 22.3 Å². The van der Waals surface area contributed by atoms with Gasteiger partial charge in [0.2, 0.25) is 11.8 Å². The Morgan fingerprint density at radius 1 is 1.06 bits per heavy atom. The molecule has 0 aliphatic heterocycles. The molecule has 2 N–H and O–H groups in total. The first kappa shape index (κ1) is 25.0. The lowest BCUT2D eigenvalue weighted by Crippen LogP contribution is -2.39. The molecule has 9 heteroatoms. The third-order valence-electron chi connectivity index (χ3n) is 5.58. The van der Waals surface area contributed by atoms with Gasteiger partial charge < -0.3 is 10.4 Å². The highest BCUT2D eigenvalue weighted by Crippen LogP contribution is 2.25. The molecule has 0 spiro atoms. The standard InChI is InChI=1S/C25H28N4O4S/c1-6-17-9-7-8-10-19(17)27-20(30)14-34-22(26-18-12-11-15(2)16(3)13-18)21-23(31)28(4)25(33)29(5)24(21)32/h7-13,31H,6,14H2,1-5H3,(H,27,30). The molecule has 8 nitrogen and oxygen atoms in total. The molecule has 3 rings (SSSR count). The van der Waals surface area contributed by atoms with Crippen molar-refractivity contribution in [1.82, 2.24) is 9.13 Å². The summed E-state index contributed by atoms with van der Waals surface area (Å²) >= 11 is 1.02. The predicted molar refractivity (Wildman–Crippen MR) is 138 cm³/mol. The van der Waals surface area contributed by atoms with Gasteiger partial charge in [-0.2, -0.15) is 0 Å². The van der Waals surface area contributed by atoms with E-state index in [9.17, 15) is 19.5 Å². The summed E-state index contributed by atoms with van der Waals surface area (Å²) in [7, 11) is 2.70. The number of carbonyl (C=O) groups is 1. The van der Waals surface area contributed by atoms with Crippen LogP contribution in [0.3, 0.4) is 0 Å². The zero-order valence-corrected chi connectivity index (χ0v) is 20.7. The van der Waals surface area contributed by atoms with Crippen LogP contribution >= 0.6 is 11.8 Å². The Hall–Kier alpha value is -3.59. The fourth-order valence-corrected chi connectivity index (χ4v) is 4.20. The molecule has 3 aromatic rings. The van der Waals surface area contributed by atoms with E-state index in [1.165, 1.54) is 14.1 Å². The minimum absolute atomic E-state index is 0.0485. The molecular formula is C25H28N4O4S. The number of nitrogens with zero attached hydrogens (tertiary/aromatic N) is 3. The highest BCUT2D eigenvalue weighted by Gasteiger charge is 2.22. The molecule has 34 heavy (non-hydrogen) atoms. The molecule has 0 aliphatic rings. The molecule has 0 saturated carbocycles. The Balaban J connectivity index is 2.01. The highest BCUT2D eigenvalue weighted by molar-refractivity contribution is 8.15. The number of hydrogen-bond acceptors (Lipinski definition) is 6. The molecule has 1 heterocycles. The van der Waals surface area contributed by atoms with Crippen molar-refractivity contribution in [2.45, 2.75) is 27.2 Å². The number of benzene rings is 2. The lowest BCUT2D eigenvalue weighted by Gasteiger charge is -2.13. The number of aromatic nitrogens is 2. The number of aromatic hydroxyl groups is 1. The van der Waals surface area contributed by atoms with Crippen LogP contribution in [0.25, 0.3) is 0 Å². The topological polar surface area (TPSA) is 106 Å². The third kappa shape index (κ3) is 5.31. The molecule has 178 valence electrons. The van der Waals surface area contributed by atoms with Gasteiger partial charge in [0.25, 0.3) is 5.56 Å². The Morgan fingerprint density at radius 2 is 1.76 bits per heavy atom. The normalized spacial score (nSPS) is 11.5. The van der Waals surface area contributed by atoms with Gasteiger partial charge in [0.15, 0.2) is 0 Å². The number of aryl methyl sites for hydroxylation is 3. The molecule has 0 atom stereocenters. The Kier molecular flexibility index (Phi) is 7.78. The molecule has 0 saturated heterocycles. The second kappa shape index (κ2) is 10.6. The summed E-state index contributed by atoms with van der Waals surface area (Å²) in [4.78, 5) is 42.5. The minimum atomic E-state index is -0.688. The summed E-state index contributed by atoms with van der Waals surface area (Å²) in [5, 5.41) is 13.7. The second-order valence-electron chi connectivity index (χ2n) is 7.94. The van der Waals surface area contributed by atoms with E-state index in [0.29, 0.717) is 5.69 Å². The van der Waals surface area contributed by atoms with Crippen LogP contribution < -0.4 is 16.6 Å². The largest absolute Gasteiger partial charge is 0.494 e. The van der Waals surface area contributed by atoms with Crippen LogP contribution in [-0.4, -0.2) is 30.9 Å². The summed E-state index contributed by atoms with van der Waals surface area (Å²) < 4.78 is 1.88. The number of hydrogen-bond donors (Lipinski definition) is 2. The number of carbonyl (C=O) groups excluding carboxylic acids is 1. The van der Waals surface area contributed by atoms with Gasteiger partial charge in [-0.05, 0) is 55.2 Å². The van der Waals surface area contributed by atoms with Gasteiger partial charge in [0, 0.05) is 19.8 Å². The van der Waals surface area contributed by atoms with E-state index in [1.54, 1.807) is 6.07 Å². The zero-order chi connectivity index (χ0) is 25.0. The van der Waals surface area contributed by atoms with Gasteiger partial charge in [0.1, 0.15) is 10.6 Å². The number of rotatable bonds is 6. The Bertz CT molecular complexity index is 1390. The first-order valence-corrected chi connectivity index (χ1v) is 11.8. The highest BCUT2D eigenvalue weighted by atomic mass is 32.2. The fourth-order valence-electron chi connectivity index (χ4n) is 3.36. The molecule has 2 aromatic carbocycles. The van der Waals surface area contributed by atoms with Crippen LogP contribution in [0.2, 0.25) is 0 Å². The summed E-state index contributed by atoms with van der Waals surface area (Å²) in [5.41, 5.74) is 2.92. The summed E-state index contributed by atoms with van der Waals surface area (Å²) in [6.07, 6.45) is 0.769. The summed E-state index contributed by atoms with van der Waals surface area (Å²) in [5.74, 6) is -0.826. The average Bonchev–Trinajstić information content (AvgIpc) is 2.82. The van der Waals surface area contributed by atoms with E-state index in [2.05, 4.69) is 10.3 Å². The van der Waals surface area contributed by atoms with E-state index in [4.69, 9.17) is 0 Å². The summed E-state index contributed by atoms with van der Waals surface area (Å²) in [6.45, 7) is 5.93. The Labute approximate surface area is 202 Å². The van der Waals surface area contributed by atoms with E-state index in [1.807, 2.05) is 57.2 Å². The van der Waals surface area contributed by atoms with Crippen LogP contribution in [0.5, 0.6) is 5.88 Å². The second-order valence-corrected chi connectivity index (χ2v) is 8.90. The summed E-state index contributed by atoms with van der Waals surface area (Å²) in [6, 6.07) is 13.1. The molecule has 0 radical (unpaired) electrons. The van der Waals surface area contributed by atoms with Crippen molar-refractivity contribution in [3.63, 3.8) is 0 Å². The van der Waals surface area contributed by atoms with E-state index >= 15 is 0 Å². The van der Waals surface area contributed by atoms with E-state index in [0.717, 1.165) is 49.7 Å². The van der Waals surface area contributed by atoms with Gasteiger partial charge in [0.05, 0.1) is 11.4 Å². The number of thioether (sulfide) groups is 1. The van der Waals surface area contributed by atoms with Crippen LogP contribution in [0.4, 0.5) is 11.4 Å². The maximum Gasteiger partial charge on any atom is 0.333 e. The first-order valence-electron chi connectivity index (χ1n) is 10.8. The SMILES string of the molecule is CCc1ccccc1NC(=O)CSC(=Nc1ccc(C)c(C)c1)c1c(O)n(C)c(=O)n(C)c1=O. The lowest BCUT2D eigenvalue weighted by atomic mass is 10.1. The van der Waals surface area contributed by atoms with Crippen molar-refractivity contribution >= 4 is 34.1 Å². The number of anilines is 1. The molecule has 1 aromatic heterocycles. The number of aliphatic imine (C=N–C) groups is 1. The smallest absolute Gasteiger partial charge is 0.333 e. The monoisotopic (exact) mass is 480 g/mol. The molecule has 1 amide bonds. The van der Waals surface area contributed by atoms with E-state index < -0.39 is 17.1 Å². The molecule has 0 aliphatic carbocycles. The molecule has 0 unspecified atom stereocenters. The van der Waals surface area contributed by atoms with Gasteiger partial charge in [-0.25, -0.2) is 9.79 Å². The lowest BCUT2D eigenvalue weighted by molar-refractivity contribution is -0.113. The van der Waals surface area contributed by atoms with Crippen molar-refractivity contribution in [1.29, 1.82) is 0 Å². The van der Waals surface area contributed by atoms with Crippen LogP contribution in [0, 0.1) is 13.8 Å².